The molecule has 0 saturated carbocycles. The summed E-state index contributed by atoms with van der Waals surface area (Å²) in [7, 11) is 0.315. The molecule has 3 heterocycles. The van der Waals surface area contributed by atoms with Crippen molar-refractivity contribution in [1.82, 2.24) is 24.6 Å². The van der Waals surface area contributed by atoms with Gasteiger partial charge in [-0.15, -0.1) is 21.5 Å². The minimum absolute atomic E-state index is 0.0426. The van der Waals surface area contributed by atoms with Crippen molar-refractivity contribution < 1.29 is 38.4 Å². The van der Waals surface area contributed by atoms with E-state index in [1.165, 1.54) is 28.4 Å². The molecule has 0 spiro atoms. The zero-order valence-electron chi connectivity index (χ0n) is 37.4. The summed E-state index contributed by atoms with van der Waals surface area (Å²) in [4.78, 5) is 38.6. The molecule has 0 atom stereocenters. The molecule has 5 aromatic rings. The molecule has 2 aromatic carbocycles. The van der Waals surface area contributed by atoms with E-state index in [1.807, 2.05) is 30.0 Å². The number of anilines is 2. The van der Waals surface area contributed by atoms with E-state index in [2.05, 4.69) is 63.4 Å². The number of para-hydroxylation sites is 1. The number of thiazole rings is 2. The van der Waals surface area contributed by atoms with Crippen LogP contribution in [-0.2, 0) is 22.6 Å². The van der Waals surface area contributed by atoms with Crippen molar-refractivity contribution in [3.8, 4) is 17.6 Å². The van der Waals surface area contributed by atoms with Crippen LogP contribution in [-0.4, -0.2) is 101 Å². The van der Waals surface area contributed by atoms with E-state index >= 15 is 0 Å². The third-order valence-electron chi connectivity index (χ3n) is 9.38. The van der Waals surface area contributed by atoms with Gasteiger partial charge in [-0.3, -0.25) is 4.57 Å². The molecular weight excluding hydrogens is 862 g/mol. The lowest BCUT2D eigenvalue weighted by Crippen LogP contribution is -2.34. The number of benzene rings is 2. The Hall–Kier alpha value is -5.19. The van der Waals surface area contributed by atoms with Crippen LogP contribution >= 0.6 is 22.7 Å². The number of amides is 1. The summed E-state index contributed by atoms with van der Waals surface area (Å²) in [5, 5.41) is 29.2. The molecule has 5 rings (SSSR count). The average Bonchev–Trinajstić information content (AvgIpc) is 3.80. The van der Waals surface area contributed by atoms with Crippen molar-refractivity contribution >= 4 is 69.8 Å². The second-order valence-electron chi connectivity index (χ2n) is 17.2. The number of ether oxygens (including phenoxy) is 3. The van der Waals surface area contributed by atoms with Crippen LogP contribution in [0.1, 0.15) is 72.9 Å². The van der Waals surface area contributed by atoms with E-state index in [1.54, 1.807) is 45.2 Å². The Morgan fingerprint density at radius 2 is 1.79 bits per heavy atom. The second-order valence-corrected chi connectivity index (χ2v) is 24.9. The molecule has 0 bridgehead atoms. The lowest BCUT2D eigenvalue weighted by molar-refractivity contribution is 0.0320. The molecule has 0 unspecified atom stereocenters. The number of aliphatic hydroxyl groups excluding tert-OH is 1. The first kappa shape index (κ1) is 48.8. The molecule has 63 heavy (non-hydrogen) atoms. The number of rotatable bonds is 20. The number of carboxylic acid groups (broad SMARTS) is 1. The fourth-order valence-corrected chi connectivity index (χ4v) is 8.90. The van der Waals surface area contributed by atoms with Gasteiger partial charge < -0.3 is 34.2 Å². The topological polar surface area (TPSA) is 165 Å². The molecule has 2 N–H and O–H groups in total. The number of aryl methyl sites for hydroxylation is 2. The summed E-state index contributed by atoms with van der Waals surface area (Å²) in [5.74, 6) is 4.94. The number of carboxylic acids is 1. The number of carbonyl (C=O) groups excluding carboxylic acids is 1. The Bertz CT molecular complexity index is 2480. The van der Waals surface area contributed by atoms with Gasteiger partial charge in [-0.2, -0.15) is 4.99 Å². The monoisotopic (exact) mass is 919 g/mol. The van der Waals surface area contributed by atoms with Crippen LogP contribution in [0.15, 0.2) is 53.5 Å². The molecular formula is C45H58FN7O7S2Si. The first-order valence-corrected chi connectivity index (χ1v) is 26.3. The van der Waals surface area contributed by atoms with Crippen LogP contribution in [0.25, 0.3) is 10.2 Å². The molecule has 0 fully saturated rings. The molecule has 18 heteroatoms. The summed E-state index contributed by atoms with van der Waals surface area (Å²) < 4.78 is 35.3. The average molecular weight is 920 g/mol. The number of carbonyl (C=O) groups is 2. The summed E-state index contributed by atoms with van der Waals surface area (Å²) >= 11 is 2.80. The Morgan fingerprint density at radius 1 is 1.02 bits per heavy atom. The highest BCUT2D eigenvalue weighted by Gasteiger charge is 2.24. The van der Waals surface area contributed by atoms with Crippen LogP contribution in [0.2, 0.25) is 25.7 Å². The summed E-state index contributed by atoms with van der Waals surface area (Å²) in [6, 6.07) is 15.4. The van der Waals surface area contributed by atoms with Crippen molar-refractivity contribution in [3.05, 3.63) is 80.8 Å². The van der Waals surface area contributed by atoms with Crippen LogP contribution < -0.4 is 14.4 Å². The van der Waals surface area contributed by atoms with E-state index in [0.717, 1.165) is 33.0 Å². The summed E-state index contributed by atoms with van der Waals surface area (Å²) in [6.45, 7) is 16.0. The number of hydrogen-bond donors (Lipinski definition) is 2. The highest BCUT2D eigenvalue weighted by Crippen LogP contribution is 2.34. The minimum atomic E-state index is -1.26. The fraction of sp³-hybridized carbons (Fsp3) is 0.467. The molecule has 338 valence electrons. The van der Waals surface area contributed by atoms with Gasteiger partial charge in [0.05, 0.1) is 23.4 Å². The minimum Gasteiger partial charge on any atom is -0.491 e. The number of aliphatic hydroxyl groups is 1. The highest BCUT2D eigenvalue weighted by molar-refractivity contribution is 7.16. The van der Waals surface area contributed by atoms with Crippen LogP contribution in [0, 0.1) is 24.6 Å². The van der Waals surface area contributed by atoms with Crippen molar-refractivity contribution in [2.75, 3.05) is 44.9 Å². The second kappa shape index (κ2) is 22.4. The molecule has 0 saturated heterocycles. The SMILES string of the molecule is Cc1cc(N(CCCCCO)c2nc(C(=O)O)c(CCCOc3ccc(C#CCN(C)C(=O)OC(C)(C)C)cc3F)s2)nnc1N=c1sc2ccccc2n1COCC[Si](C)(C)C. The number of unbranched alkanes of at least 4 members (excludes halogenated alkanes) is 2. The van der Waals surface area contributed by atoms with E-state index in [9.17, 15) is 24.2 Å². The van der Waals surface area contributed by atoms with Gasteiger partial charge in [0.25, 0.3) is 0 Å². The molecule has 14 nitrogen and oxygen atoms in total. The van der Waals surface area contributed by atoms with E-state index in [0.29, 0.717) is 72.8 Å². The number of nitrogens with zero attached hydrogens (tertiary/aromatic N) is 7. The van der Waals surface area contributed by atoms with Gasteiger partial charge in [-0.1, -0.05) is 55.0 Å². The largest absolute Gasteiger partial charge is 0.491 e. The third-order valence-corrected chi connectivity index (χ3v) is 13.3. The maximum Gasteiger partial charge on any atom is 0.410 e. The van der Waals surface area contributed by atoms with E-state index < -0.39 is 31.6 Å². The van der Waals surface area contributed by atoms with E-state index in [4.69, 9.17) is 19.2 Å². The molecule has 0 aliphatic rings. The zero-order chi connectivity index (χ0) is 45.7. The maximum atomic E-state index is 15.0. The fourth-order valence-electron chi connectivity index (χ4n) is 6.00. The Kier molecular flexibility index (Phi) is 17.4. The number of hydrogen-bond acceptors (Lipinski definition) is 13. The molecule has 0 aliphatic carbocycles. The third kappa shape index (κ3) is 14.7. The lowest BCUT2D eigenvalue weighted by Gasteiger charge is -2.23. The molecule has 0 aliphatic heterocycles. The predicted octanol–water partition coefficient (Wildman–Crippen LogP) is 9.17. The number of aromatic nitrogens is 4. The standard InChI is InChI=1S/C45H58FN7O7S2Si/c1-31-28-38(49-50-40(31)48-43-53(30-58-26-27-63(6,7)8)34-17-10-11-18-36(34)61-43)52(23-12-9-13-24-54)42-47-39(41(55)56)37(62-42)19-15-25-59-35-21-20-32(29-33(35)46)16-14-22-51(5)44(57)60-45(2,3)4/h10-11,17-18,20-21,28-29,54H,9,12-13,15,19,22-27,30H2,1-8H3,(H,55,56). The predicted molar refractivity (Wildman–Crippen MR) is 249 cm³/mol. The highest BCUT2D eigenvalue weighted by atomic mass is 32.1. The van der Waals surface area contributed by atoms with Crippen LogP contribution in [0.4, 0.5) is 26.0 Å². The van der Waals surface area contributed by atoms with Gasteiger partial charge in [0, 0.05) is 45.3 Å². The van der Waals surface area contributed by atoms with Gasteiger partial charge in [0.15, 0.2) is 38.8 Å². The number of halogens is 1. The van der Waals surface area contributed by atoms with Crippen molar-refractivity contribution in [2.45, 2.75) is 97.8 Å². The van der Waals surface area contributed by atoms with Gasteiger partial charge in [0.1, 0.15) is 12.3 Å². The van der Waals surface area contributed by atoms with Gasteiger partial charge in [0.2, 0.25) is 0 Å². The van der Waals surface area contributed by atoms with Gasteiger partial charge in [-0.25, -0.2) is 19.0 Å². The maximum absolute atomic E-state index is 15.0. The summed E-state index contributed by atoms with van der Waals surface area (Å²) in [5.41, 5.74) is 1.52. The molecule has 0 radical (unpaired) electrons. The quantitative estimate of drug-likeness (QED) is 0.0435. The van der Waals surface area contributed by atoms with Crippen molar-refractivity contribution in [3.63, 3.8) is 0 Å². The normalized spacial score (nSPS) is 12.0. The first-order chi connectivity index (χ1) is 29.9. The Labute approximate surface area is 377 Å². The molecule has 1 amide bonds. The Balaban J connectivity index is 1.29. The zero-order valence-corrected chi connectivity index (χ0v) is 40.0. The van der Waals surface area contributed by atoms with Gasteiger partial charge >= 0.3 is 12.1 Å². The smallest absolute Gasteiger partial charge is 0.410 e. The lowest BCUT2D eigenvalue weighted by atomic mass is 10.2. The van der Waals surface area contributed by atoms with Crippen molar-refractivity contribution in [2.24, 2.45) is 4.99 Å². The first-order valence-electron chi connectivity index (χ1n) is 20.9. The number of fused-ring (bicyclic) bond motifs is 1. The summed E-state index contributed by atoms with van der Waals surface area (Å²) in [6.07, 6.45) is 2.28. The van der Waals surface area contributed by atoms with Crippen molar-refractivity contribution in [1.29, 1.82) is 0 Å². The van der Waals surface area contributed by atoms with Gasteiger partial charge in [-0.05, 0) is 108 Å². The van der Waals surface area contributed by atoms with E-state index in [-0.39, 0.29) is 31.2 Å². The number of aromatic carboxylic acids is 1. The molecule has 3 aromatic heterocycles. The Morgan fingerprint density at radius 3 is 2.49 bits per heavy atom. The van der Waals surface area contributed by atoms with Crippen LogP contribution in [0.3, 0.4) is 0 Å². The van der Waals surface area contributed by atoms with Crippen LogP contribution in [0.5, 0.6) is 5.75 Å².